The maximum atomic E-state index is 11.9. The van der Waals surface area contributed by atoms with Gasteiger partial charge < -0.3 is 14.8 Å². The molecule has 2 rings (SSSR count). The smallest absolute Gasteiger partial charge is 0.408 e. The molecule has 0 aliphatic carbocycles. The van der Waals surface area contributed by atoms with Gasteiger partial charge in [0.1, 0.15) is 5.60 Å². The Morgan fingerprint density at radius 2 is 2.05 bits per heavy atom. The molecule has 2 atom stereocenters. The van der Waals surface area contributed by atoms with E-state index >= 15 is 0 Å². The van der Waals surface area contributed by atoms with Crippen LogP contribution in [0.4, 0.5) is 4.79 Å². The van der Waals surface area contributed by atoms with E-state index in [1.807, 2.05) is 51.1 Å². The molecule has 19 heavy (non-hydrogen) atoms. The third-order valence-electron chi connectivity index (χ3n) is 2.79. The Hall–Kier alpha value is -1.55. The Kier molecular flexibility index (Phi) is 4.10. The van der Waals surface area contributed by atoms with Crippen LogP contribution in [0.2, 0.25) is 0 Å². The maximum absolute atomic E-state index is 11.9. The molecule has 4 nitrogen and oxygen atoms in total. The molecule has 1 fully saturated rings. The third-order valence-corrected chi connectivity index (χ3v) is 2.79. The summed E-state index contributed by atoms with van der Waals surface area (Å²) in [5.41, 5.74) is 0.588. The number of nitrogens with one attached hydrogen (secondary N) is 1. The highest BCUT2D eigenvalue weighted by atomic mass is 16.6. The summed E-state index contributed by atoms with van der Waals surface area (Å²) in [5, 5.41) is 2.92. The number of hydrogen-bond donors (Lipinski definition) is 1. The van der Waals surface area contributed by atoms with Gasteiger partial charge in [-0.05, 0) is 26.3 Å². The van der Waals surface area contributed by atoms with Gasteiger partial charge in [-0.2, -0.15) is 0 Å². The average Bonchev–Trinajstić information content (AvgIpc) is 3.11. The van der Waals surface area contributed by atoms with E-state index < -0.39 is 5.60 Å². The molecule has 0 saturated carbocycles. The summed E-state index contributed by atoms with van der Waals surface area (Å²) in [6, 6.07) is 9.83. The predicted molar refractivity (Wildman–Crippen MR) is 72.9 cm³/mol. The molecular formula is C15H21NO3. The molecule has 0 aromatic heterocycles. The monoisotopic (exact) mass is 263 g/mol. The highest BCUT2D eigenvalue weighted by Gasteiger charge is 2.29. The van der Waals surface area contributed by atoms with E-state index in [1.165, 1.54) is 0 Å². The van der Waals surface area contributed by atoms with Gasteiger partial charge in [0.15, 0.2) is 0 Å². The number of alkyl carbamates (subject to hydrolysis) is 1. The fraction of sp³-hybridized carbons (Fsp3) is 0.533. The SMILES string of the molecule is CC(C)(C)OC(=O)NC(CC1CO1)c1ccccc1. The highest BCUT2D eigenvalue weighted by molar-refractivity contribution is 5.68. The molecule has 0 bridgehead atoms. The van der Waals surface area contributed by atoms with Crippen LogP contribution in [0.15, 0.2) is 30.3 Å². The van der Waals surface area contributed by atoms with Crippen LogP contribution in [-0.2, 0) is 9.47 Å². The van der Waals surface area contributed by atoms with E-state index in [1.54, 1.807) is 0 Å². The van der Waals surface area contributed by atoms with E-state index in [-0.39, 0.29) is 18.2 Å². The van der Waals surface area contributed by atoms with Gasteiger partial charge in [0.05, 0.1) is 18.8 Å². The standard InChI is InChI=1S/C15H21NO3/c1-15(2,3)19-14(17)16-13(9-12-10-18-12)11-7-5-4-6-8-11/h4-8,12-13H,9-10H2,1-3H3,(H,16,17). The minimum Gasteiger partial charge on any atom is -0.444 e. The van der Waals surface area contributed by atoms with Crippen LogP contribution in [0.3, 0.4) is 0 Å². The van der Waals surface area contributed by atoms with Crippen molar-refractivity contribution >= 4 is 6.09 Å². The third kappa shape index (κ3) is 4.91. The number of carbonyl (C=O) groups excluding carboxylic acids is 1. The Morgan fingerprint density at radius 1 is 1.42 bits per heavy atom. The van der Waals surface area contributed by atoms with E-state index in [0.717, 1.165) is 18.6 Å². The zero-order valence-electron chi connectivity index (χ0n) is 11.7. The molecule has 1 aromatic carbocycles. The van der Waals surface area contributed by atoms with Gasteiger partial charge in [-0.15, -0.1) is 0 Å². The first kappa shape index (κ1) is 13.9. The van der Waals surface area contributed by atoms with Gasteiger partial charge >= 0.3 is 6.09 Å². The number of epoxide rings is 1. The van der Waals surface area contributed by atoms with E-state index in [0.29, 0.717) is 0 Å². The molecular weight excluding hydrogens is 242 g/mol. The summed E-state index contributed by atoms with van der Waals surface area (Å²) in [6.45, 7) is 6.34. The molecule has 1 saturated heterocycles. The van der Waals surface area contributed by atoms with Crippen LogP contribution in [0.25, 0.3) is 0 Å². The van der Waals surface area contributed by atoms with Crippen molar-refractivity contribution in [2.24, 2.45) is 0 Å². The summed E-state index contributed by atoms with van der Waals surface area (Å²) in [6.07, 6.45) is 0.644. The van der Waals surface area contributed by atoms with Crippen molar-refractivity contribution in [3.63, 3.8) is 0 Å². The van der Waals surface area contributed by atoms with Crippen molar-refractivity contribution in [1.29, 1.82) is 0 Å². The molecule has 1 heterocycles. The van der Waals surface area contributed by atoms with Gasteiger partial charge in [-0.3, -0.25) is 0 Å². The van der Waals surface area contributed by atoms with Crippen LogP contribution in [0.5, 0.6) is 0 Å². The summed E-state index contributed by atoms with van der Waals surface area (Å²) < 4.78 is 10.6. The van der Waals surface area contributed by atoms with Crippen molar-refractivity contribution in [3.8, 4) is 0 Å². The maximum Gasteiger partial charge on any atom is 0.408 e. The lowest BCUT2D eigenvalue weighted by molar-refractivity contribution is 0.0499. The van der Waals surface area contributed by atoms with Crippen LogP contribution in [0.1, 0.15) is 38.8 Å². The number of carbonyl (C=O) groups is 1. The van der Waals surface area contributed by atoms with Crippen LogP contribution >= 0.6 is 0 Å². The topological polar surface area (TPSA) is 50.9 Å². The van der Waals surface area contributed by atoms with Crippen molar-refractivity contribution in [2.75, 3.05) is 6.61 Å². The van der Waals surface area contributed by atoms with E-state index in [4.69, 9.17) is 9.47 Å². The van der Waals surface area contributed by atoms with Gasteiger partial charge in [0.25, 0.3) is 0 Å². The summed E-state index contributed by atoms with van der Waals surface area (Å²) >= 11 is 0. The molecule has 1 aliphatic rings. The molecule has 1 N–H and O–H groups in total. The fourth-order valence-electron chi connectivity index (χ4n) is 1.88. The summed E-state index contributed by atoms with van der Waals surface area (Å²) in [5.74, 6) is 0. The number of ether oxygens (including phenoxy) is 2. The Morgan fingerprint density at radius 3 is 2.58 bits per heavy atom. The van der Waals surface area contributed by atoms with Gasteiger partial charge in [0.2, 0.25) is 0 Å². The quantitative estimate of drug-likeness (QED) is 0.849. The number of amides is 1. The normalized spacial score (nSPS) is 19.6. The average molecular weight is 263 g/mol. The van der Waals surface area contributed by atoms with Gasteiger partial charge in [-0.1, -0.05) is 30.3 Å². The summed E-state index contributed by atoms with van der Waals surface area (Å²) in [7, 11) is 0. The number of hydrogen-bond acceptors (Lipinski definition) is 3. The second kappa shape index (κ2) is 5.61. The Bertz CT molecular complexity index is 421. The lowest BCUT2D eigenvalue weighted by Crippen LogP contribution is -2.35. The van der Waals surface area contributed by atoms with Crippen LogP contribution < -0.4 is 5.32 Å². The van der Waals surface area contributed by atoms with Gasteiger partial charge in [0, 0.05) is 6.42 Å². The first-order valence-electron chi connectivity index (χ1n) is 6.60. The highest BCUT2D eigenvalue weighted by Crippen LogP contribution is 2.25. The lowest BCUT2D eigenvalue weighted by Gasteiger charge is -2.23. The fourth-order valence-corrected chi connectivity index (χ4v) is 1.88. The second-order valence-corrected chi connectivity index (χ2v) is 5.80. The van der Waals surface area contributed by atoms with E-state index in [9.17, 15) is 4.79 Å². The molecule has 1 amide bonds. The molecule has 2 unspecified atom stereocenters. The minimum atomic E-state index is -0.485. The van der Waals surface area contributed by atoms with Gasteiger partial charge in [-0.25, -0.2) is 4.79 Å². The number of benzene rings is 1. The number of rotatable bonds is 4. The first-order chi connectivity index (χ1) is 8.94. The largest absolute Gasteiger partial charge is 0.444 e. The molecule has 0 spiro atoms. The van der Waals surface area contributed by atoms with Crippen molar-refractivity contribution in [2.45, 2.75) is 44.9 Å². The second-order valence-electron chi connectivity index (χ2n) is 5.80. The van der Waals surface area contributed by atoms with Crippen molar-refractivity contribution < 1.29 is 14.3 Å². The van der Waals surface area contributed by atoms with Crippen molar-refractivity contribution in [1.82, 2.24) is 5.32 Å². The zero-order valence-corrected chi connectivity index (χ0v) is 11.7. The predicted octanol–water partition coefficient (Wildman–Crippen LogP) is 3.04. The Balaban J connectivity index is 1.99. The molecule has 1 aromatic rings. The molecule has 1 aliphatic heterocycles. The minimum absolute atomic E-state index is 0.0662. The van der Waals surface area contributed by atoms with Crippen LogP contribution in [-0.4, -0.2) is 24.4 Å². The van der Waals surface area contributed by atoms with Crippen molar-refractivity contribution in [3.05, 3.63) is 35.9 Å². The first-order valence-corrected chi connectivity index (χ1v) is 6.60. The molecule has 104 valence electrons. The van der Waals surface area contributed by atoms with E-state index in [2.05, 4.69) is 5.32 Å². The summed E-state index contributed by atoms with van der Waals surface area (Å²) in [4.78, 5) is 11.9. The van der Waals surface area contributed by atoms with Crippen LogP contribution in [0, 0.1) is 0 Å². The molecule has 4 heteroatoms. The lowest BCUT2D eigenvalue weighted by atomic mass is 10.0. The molecule has 0 radical (unpaired) electrons. The Labute approximate surface area is 114 Å². The zero-order chi connectivity index (χ0) is 13.9.